The van der Waals surface area contributed by atoms with Gasteiger partial charge in [0.15, 0.2) is 5.78 Å². The van der Waals surface area contributed by atoms with E-state index < -0.39 is 0 Å². The molecule has 0 fully saturated rings. The molecule has 0 unspecified atom stereocenters. The molecule has 84 valence electrons. The predicted octanol–water partition coefficient (Wildman–Crippen LogP) is 3.05. The average molecular weight is 224 g/mol. The van der Waals surface area contributed by atoms with Gasteiger partial charge in [0, 0.05) is 0 Å². The topological polar surface area (TPSA) is 26.3 Å². The molecular weight excluding hydrogens is 212 g/mol. The van der Waals surface area contributed by atoms with Crippen molar-refractivity contribution in [1.29, 1.82) is 0 Å². The molecule has 2 aromatic carbocycles. The maximum atomic E-state index is 11.5. The third-order valence-electron chi connectivity index (χ3n) is 2.54. The van der Waals surface area contributed by atoms with Crippen LogP contribution in [0.3, 0.4) is 0 Å². The summed E-state index contributed by atoms with van der Waals surface area (Å²) in [5.41, 5.74) is 0.568. The molecule has 0 saturated heterocycles. The highest BCUT2D eigenvalue weighted by molar-refractivity contribution is 6.01. The number of benzene rings is 2. The van der Waals surface area contributed by atoms with Gasteiger partial charge in [-0.2, -0.15) is 0 Å². The van der Waals surface area contributed by atoms with Crippen molar-refractivity contribution in [2.45, 2.75) is 6.92 Å². The van der Waals surface area contributed by atoms with Crippen molar-refractivity contribution in [3.8, 4) is 18.1 Å². The molecule has 0 aliphatic heterocycles. The summed E-state index contributed by atoms with van der Waals surface area (Å²) >= 11 is 0. The fraction of sp³-hybridized carbons (Fsp3) is 0.133. The minimum atomic E-state index is -0.0252. The van der Waals surface area contributed by atoms with Crippen molar-refractivity contribution in [1.82, 2.24) is 0 Å². The van der Waals surface area contributed by atoms with Crippen LogP contribution < -0.4 is 4.74 Å². The molecule has 0 aromatic heterocycles. The Kier molecular flexibility index (Phi) is 3.11. The van der Waals surface area contributed by atoms with Crippen molar-refractivity contribution >= 4 is 16.6 Å². The van der Waals surface area contributed by atoms with Gasteiger partial charge in [0.2, 0.25) is 0 Å². The summed E-state index contributed by atoms with van der Waals surface area (Å²) in [6.45, 7) is 1.69. The summed E-state index contributed by atoms with van der Waals surface area (Å²) in [5.74, 6) is 2.92. The minimum absolute atomic E-state index is 0.0252. The number of carbonyl (C=O) groups excluding carboxylic acids is 1. The molecule has 2 heteroatoms. The number of ketones is 1. The van der Waals surface area contributed by atoms with Crippen LogP contribution in [0, 0.1) is 12.3 Å². The number of rotatable bonds is 3. The van der Waals surface area contributed by atoms with E-state index in [4.69, 9.17) is 11.2 Å². The number of fused-ring (bicyclic) bond motifs is 1. The van der Waals surface area contributed by atoms with Gasteiger partial charge in [0.05, 0.1) is 5.56 Å². The van der Waals surface area contributed by atoms with Gasteiger partial charge in [0.25, 0.3) is 0 Å². The van der Waals surface area contributed by atoms with Crippen molar-refractivity contribution in [3.05, 3.63) is 42.0 Å². The van der Waals surface area contributed by atoms with Crippen LogP contribution in [0.1, 0.15) is 17.3 Å². The standard InChI is InChI=1S/C15H12O2/c1-3-8-17-15-10-13-7-5-4-6-12(13)9-14(15)11(2)16/h1,4-7,9-10H,8H2,2H3. The van der Waals surface area contributed by atoms with E-state index in [0.717, 1.165) is 10.8 Å². The van der Waals surface area contributed by atoms with Crippen molar-refractivity contribution in [2.75, 3.05) is 6.61 Å². The summed E-state index contributed by atoms with van der Waals surface area (Å²) < 4.78 is 5.40. The van der Waals surface area contributed by atoms with E-state index in [0.29, 0.717) is 11.3 Å². The number of Topliss-reactive ketones (excluding diaryl/α,β-unsaturated/α-hetero) is 1. The first kappa shape index (κ1) is 11.2. The van der Waals surface area contributed by atoms with Crippen LogP contribution in [-0.4, -0.2) is 12.4 Å². The summed E-state index contributed by atoms with van der Waals surface area (Å²) in [5, 5.41) is 2.05. The van der Waals surface area contributed by atoms with Crippen LogP contribution in [0.25, 0.3) is 10.8 Å². The monoisotopic (exact) mass is 224 g/mol. The zero-order valence-corrected chi connectivity index (χ0v) is 9.57. The van der Waals surface area contributed by atoms with Crippen molar-refractivity contribution < 1.29 is 9.53 Å². The third-order valence-corrected chi connectivity index (χ3v) is 2.54. The molecule has 0 spiro atoms. The van der Waals surface area contributed by atoms with E-state index in [-0.39, 0.29) is 12.4 Å². The summed E-state index contributed by atoms with van der Waals surface area (Å²) in [6.07, 6.45) is 5.16. The Hall–Kier alpha value is -2.27. The molecule has 0 radical (unpaired) electrons. The Bertz CT molecular complexity index is 606. The second-order valence-electron chi connectivity index (χ2n) is 3.74. The van der Waals surface area contributed by atoms with Crippen LogP contribution >= 0.6 is 0 Å². The number of hydrogen-bond acceptors (Lipinski definition) is 2. The van der Waals surface area contributed by atoms with Crippen LogP contribution in [-0.2, 0) is 0 Å². The van der Waals surface area contributed by atoms with E-state index in [1.54, 1.807) is 0 Å². The van der Waals surface area contributed by atoms with E-state index >= 15 is 0 Å². The smallest absolute Gasteiger partial charge is 0.163 e. The second kappa shape index (κ2) is 4.71. The zero-order chi connectivity index (χ0) is 12.3. The first-order valence-electron chi connectivity index (χ1n) is 5.32. The molecule has 0 bridgehead atoms. The van der Waals surface area contributed by atoms with Gasteiger partial charge in [-0.25, -0.2) is 0 Å². The lowest BCUT2D eigenvalue weighted by Gasteiger charge is -2.09. The van der Waals surface area contributed by atoms with Gasteiger partial charge in [0.1, 0.15) is 12.4 Å². The van der Waals surface area contributed by atoms with Crippen LogP contribution in [0.4, 0.5) is 0 Å². The van der Waals surface area contributed by atoms with Crippen LogP contribution in [0.2, 0.25) is 0 Å². The van der Waals surface area contributed by atoms with Gasteiger partial charge in [-0.1, -0.05) is 30.2 Å². The largest absolute Gasteiger partial charge is 0.480 e. The SMILES string of the molecule is C#CCOc1cc2ccccc2cc1C(C)=O. The molecule has 0 amide bonds. The highest BCUT2D eigenvalue weighted by Crippen LogP contribution is 2.26. The first-order valence-corrected chi connectivity index (χ1v) is 5.32. The summed E-state index contributed by atoms with van der Waals surface area (Å²) in [7, 11) is 0. The predicted molar refractivity (Wildman–Crippen MR) is 68.3 cm³/mol. The maximum Gasteiger partial charge on any atom is 0.163 e. The molecule has 0 N–H and O–H groups in total. The maximum absolute atomic E-state index is 11.5. The molecule has 0 atom stereocenters. The Morgan fingerprint density at radius 3 is 2.53 bits per heavy atom. The van der Waals surface area contributed by atoms with Gasteiger partial charge in [-0.3, -0.25) is 4.79 Å². The van der Waals surface area contributed by atoms with Crippen molar-refractivity contribution in [3.63, 3.8) is 0 Å². The van der Waals surface area contributed by atoms with Crippen LogP contribution in [0.5, 0.6) is 5.75 Å². The van der Waals surface area contributed by atoms with Gasteiger partial charge in [-0.05, 0) is 29.8 Å². The Labute approximate surface area is 100 Å². The quantitative estimate of drug-likeness (QED) is 0.591. The summed E-state index contributed by atoms with van der Waals surface area (Å²) in [4.78, 5) is 11.5. The van der Waals surface area contributed by atoms with Crippen LogP contribution in [0.15, 0.2) is 36.4 Å². The minimum Gasteiger partial charge on any atom is -0.480 e. The second-order valence-corrected chi connectivity index (χ2v) is 3.74. The number of ether oxygens (including phenoxy) is 1. The molecule has 17 heavy (non-hydrogen) atoms. The average Bonchev–Trinajstić information content (AvgIpc) is 2.35. The fourth-order valence-electron chi connectivity index (χ4n) is 1.73. The third kappa shape index (κ3) is 2.29. The molecule has 2 rings (SSSR count). The molecule has 0 aliphatic rings. The Morgan fingerprint density at radius 2 is 1.94 bits per heavy atom. The van der Waals surface area contributed by atoms with E-state index in [1.807, 2.05) is 36.4 Å². The van der Waals surface area contributed by atoms with E-state index in [2.05, 4.69) is 5.92 Å². The molecule has 0 heterocycles. The zero-order valence-electron chi connectivity index (χ0n) is 9.57. The lowest BCUT2D eigenvalue weighted by atomic mass is 10.0. The highest BCUT2D eigenvalue weighted by atomic mass is 16.5. The molecule has 2 aromatic rings. The van der Waals surface area contributed by atoms with Gasteiger partial charge >= 0.3 is 0 Å². The number of terminal acetylenes is 1. The molecule has 2 nitrogen and oxygen atoms in total. The van der Waals surface area contributed by atoms with Crippen molar-refractivity contribution in [2.24, 2.45) is 0 Å². The number of hydrogen-bond donors (Lipinski definition) is 0. The van der Waals surface area contributed by atoms with E-state index in [9.17, 15) is 4.79 Å². The van der Waals surface area contributed by atoms with E-state index in [1.165, 1.54) is 6.92 Å². The molecule has 0 aliphatic carbocycles. The fourth-order valence-corrected chi connectivity index (χ4v) is 1.73. The van der Waals surface area contributed by atoms with Gasteiger partial charge in [-0.15, -0.1) is 6.42 Å². The summed E-state index contributed by atoms with van der Waals surface area (Å²) in [6, 6.07) is 11.5. The molecule has 0 saturated carbocycles. The Balaban J connectivity index is 2.58. The normalized spacial score (nSPS) is 9.88. The molecular formula is C15H12O2. The lowest BCUT2D eigenvalue weighted by Crippen LogP contribution is -2.01. The number of carbonyl (C=O) groups is 1. The first-order chi connectivity index (χ1) is 8.22. The highest BCUT2D eigenvalue weighted by Gasteiger charge is 2.09. The van der Waals surface area contributed by atoms with Gasteiger partial charge < -0.3 is 4.74 Å². The lowest BCUT2D eigenvalue weighted by molar-refractivity contribution is 0.101. The Morgan fingerprint density at radius 1 is 1.29 bits per heavy atom.